The Morgan fingerprint density at radius 3 is 2.17 bits per heavy atom. The summed E-state index contributed by atoms with van der Waals surface area (Å²) in [4.78, 5) is 33.1. The molecule has 18 heavy (non-hydrogen) atoms. The van der Waals surface area contributed by atoms with Gasteiger partial charge in [-0.1, -0.05) is 31.2 Å². The topological polar surface area (TPSA) is 71.4 Å². The minimum atomic E-state index is -0.841. The van der Waals surface area contributed by atoms with Crippen LogP contribution in [0.3, 0.4) is 0 Å². The molecule has 96 valence electrons. The lowest BCUT2D eigenvalue weighted by molar-refractivity contribution is -0.141. The second-order valence-electron chi connectivity index (χ2n) is 4.44. The summed E-state index contributed by atoms with van der Waals surface area (Å²) in [6.07, 6.45) is 0.335. The zero-order valence-corrected chi connectivity index (χ0v) is 10.5. The molecule has 1 rings (SSSR count). The second kappa shape index (κ2) is 6.10. The molecule has 0 heterocycles. The Hall–Kier alpha value is -1.97. The van der Waals surface area contributed by atoms with Crippen LogP contribution in [0.4, 0.5) is 0 Å². The van der Waals surface area contributed by atoms with E-state index in [-0.39, 0.29) is 18.0 Å². The molecule has 0 spiro atoms. The van der Waals surface area contributed by atoms with Gasteiger partial charge < -0.3 is 5.11 Å². The third-order valence-electron chi connectivity index (χ3n) is 2.65. The van der Waals surface area contributed by atoms with Gasteiger partial charge in [0.2, 0.25) is 0 Å². The Morgan fingerprint density at radius 2 is 1.72 bits per heavy atom. The molecule has 1 unspecified atom stereocenters. The molecule has 0 saturated heterocycles. The van der Waals surface area contributed by atoms with Gasteiger partial charge in [0.1, 0.15) is 5.78 Å². The average Bonchev–Trinajstić information content (AvgIpc) is 2.28. The molecule has 0 bridgehead atoms. The normalized spacial score (nSPS) is 11.9. The summed E-state index contributed by atoms with van der Waals surface area (Å²) >= 11 is 0. The fourth-order valence-corrected chi connectivity index (χ4v) is 1.60. The van der Waals surface area contributed by atoms with Crippen LogP contribution in [0.1, 0.15) is 36.2 Å². The second-order valence-corrected chi connectivity index (χ2v) is 4.44. The number of carboxylic acids is 1. The van der Waals surface area contributed by atoms with Crippen LogP contribution in [-0.2, 0) is 16.0 Å². The van der Waals surface area contributed by atoms with Crippen molar-refractivity contribution in [3.63, 3.8) is 0 Å². The summed E-state index contributed by atoms with van der Waals surface area (Å²) in [5.41, 5.74) is 1.35. The molecule has 0 aromatic heterocycles. The quantitative estimate of drug-likeness (QED) is 0.618. The molecule has 0 aliphatic rings. The Balaban J connectivity index is 2.71. The van der Waals surface area contributed by atoms with Gasteiger partial charge in [-0.3, -0.25) is 14.4 Å². The zero-order chi connectivity index (χ0) is 13.7. The lowest BCUT2D eigenvalue weighted by Gasteiger charge is -2.06. The maximum absolute atomic E-state index is 11.6. The smallest absolute Gasteiger partial charge is 0.306 e. The van der Waals surface area contributed by atoms with E-state index in [4.69, 9.17) is 5.11 Å². The summed E-state index contributed by atoms with van der Waals surface area (Å²) in [5, 5.41) is 8.79. The van der Waals surface area contributed by atoms with Gasteiger partial charge >= 0.3 is 5.97 Å². The first-order valence-corrected chi connectivity index (χ1v) is 5.74. The van der Waals surface area contributed by atoms with E-state index in [0.717, 1.165) is 5.56 Å². The van der Waals surface area contributed by atoms with E-state index in [1.807, 2.05) is 0 Å². The van der Waals surface area contributed by atoms with Gasteiger partial charge in [0.15, 0.2) is 5.78 Å². The number of hydrogen-bond acceptors (Lipinski definition) is 3. The van der Waals surface area contributed by atoms with Crippen molar-refractivity contribution in [1.82, 2.24) is 0 Å². The van der Waals surface area contributed by atoms with Crippen LogP contribution in [0.2, 0.25) is 0 Å². The van der Waals surface area contributed by atoms with Gasteiger partial charge in [0.25, 0.3) is 0 Å². The van der Waals surface area contributed by atoms with Gasteiger partial charge in [-0.25, -0.2) is 0 Å². The maximum atomic E-state index is 11.6. The monoisotopic (exact) mass is 248 g/mol. The van der Waals surface area contributed by atoms with Crippen molar-refractivity contribution in [3.05, 3.63) is 35.4 Å². The highest BCUT2D eigenvalue weighted by Gasteiger charge is 2.12. The van der Waals surface area contributed by atoms with Crippen LogP contribution in [0.25, 0.3) is 0 Å². The maximum Gasteiger partial charge on any atom is 0.306 e. The van der Waals surface area contributed by atoms with Crippen molar-refractivity contribution >= 4 is 17.5 Å². The number of hydrogen-bond donors (Lipinski definition) is 1. The van der Waals surface area contributed by atoms with E-state index in [9.17, 15) is 14.4 Å². The first kappa shape index (κ1) is 14.1. The minimum Gasteiger partial charge on any atom is -0.481 e. The molecule has 1 aromatic rings. The number of benzene rings is 1. The number of carbonyl (C=O) groups is 3. The summed E-state index contributed by atoms with van der Waals surface area (Å²) in [6, 6.07) is 6.73. The van der Waals surface area contributed by atoms with E-state index in [0.29, 0.717) is 12.0 Å². The van der Waals surface area contributed by atoms with Crippen molar-refractivity contribution in [2.75, 3.05) is 0 Å². The van der Waals surface area contributed by atoms with Crippen LogP contribution in [-0.4, -0.2) is 22.6 Å². The molecule has 0 radical (unpaired) electrons. The summed E-state index contributed by atoms with van der Waals surface area (Å²) in [7, 11) is 0. The third-order valence-corrected chi connectivity index (χ3v) is 2.65. The molecule has 1 N–H and O–H groups in total. The van der Waals surface area contributed by atoms with Gasteiger partial charge in [-0.05, 0) is 18.9 Å². The first-order chi connectivity index (χ1) is 8.40. The SMILES string of the molecule is CC(=O)CC(=O)c1ccc(CC(C)C(=O)O)cc1. The molecule has 0 amide bonds. The molecule has 1 aromatic carbocycles. The van der Waals surface area contributed by atoms with E-state index in [1.165, 1.54) is 6.92 Å². The van der Waals surface area contributed by atoms with Crippen molar-refractivity contribution in [2.24, 2.45) is 5.92 Å². The van der Waals surface area contributed by atoms with Crippen LogP contribution >= 0.6 is 0 Å². The minimum absolute atomic E-state index is 0.0924. The lowest BCUT2D eigenvalue weighted by atomic mass is 9.98. The number of carbonyl (C=O) groups excluding carboxylic acids is 2. The molecule has 4 heteroatoms. The summed E-state index contributed by atoms with van der Waals surface area (Å²) in [6.45, 7) is 3.01. The van der Waals surface area contributed by atoms with Crippen LogP contribution in [0.5, 0.6) is 0 Å². The molecular formula is C14H16O4. The lowest BCUT2D eigenvalue weighted by Crippen LogP contribution is -2.12. The number of aliphatic carboxylic acids is 1. The average molecular weight is 248 g/mol. The van der Waals surface area contributed by atoms with Gasteiger partial charge in [0.05, 0.1) is 12.3 Å². The molecule has 0 aliphatic heterocycles. The van der Waals surface area contributed by atoms with Crippen LogP contribution < -0.4 is 0 Å². The van der Waals surface area contributed by atoms with E-state index < -0.39 is 11.9 Å². The molecule has 0 aliphatic carbocycles. The van der Waals surface area contributed by atoms with Crippen LogP contribution in [0.15, 0.2) is 24.3 Å². The largest absolute Gasteiger partial charge is 0.481 e. The number of carboxylic acid groups (broad SMARTS) is 1. The molecule has 0 fully saturated rings. The van der Waals surface area contributed by atoms with Gasteiger partial charge in [-0.2, -0.15) is 0 Å². The molecule has 4 nitrogen and oxygen atoms in total. The highest BCUT2D eigenvalue weighted by molar-refractivity contribution is 6.07. The zero-order valence-electron chi connectivity index (χ0n) is 10.5. The van der Waals surface area contributed by atoms with Crippen LogP contribution in [0, 0.1) is 5.92 Å². The van der Waals surface area contributed by atoms with E-state index >= 15 is 0 Å². The first-order valence-electron chi connectivity index (χ1n) is 5.74. The Morgan fingerprint density at radius 1 is 1.17 bits per heavy atom. The van der Waals surface area contributed by atoms with E-state index in [2.05, 4.69) is 0 Å². The molecule has 0 saturated carbocycles. The standard InChI is InChI=1S/C14H16O4/c1-9(14(17)18)7-11-3-5-12(6-4-11)13(16)8-10(2)15/h3-6,9H,7-8H2,1-2H3,(H,17,18). The number of Topliss-reactive ketones (excluding diaryl/α,β-unsaturated/α-hetero) is 2. The van der Waals surface area contributed by atoms with Gasteiger partial charge in [0, 0.05) is 5.56 Å². The van der Waals surface area contributed by atoms with E-state index in [1.54, 1.807) is 31.2 Å². The Bertz CT molecular complexity index is 459. The number of ketones is 2. The summed E-state index contributed by atoms with van der Waals surface area (Å²) in [5.74, 6) is -1.67. The fourth-order valence-electron chi connectivity index (χ4n) is 1.60. The van der Waals surface area contributed by atoms with Crippen molar-refractivity contribution < 1.29 is 19.5 Å². The van der Waals surface area contributed by atoms with Crippen molar-refractivity contribution in [1.29, 1.82) is 0 Å². The fraction of sp³-hybridized carbons (Fsp3) is 0.357. The third kappa shape index (κ3) is 4.13. The Labute approximate surface area is 106 Å². The number of rotatable bonds is 6. The summed E-state index contributed by atoms with van der Waals surface area (Å²) < 4.78 is 0. The Kier molecular flexibility index (Phi) is 4.77. The van der Waals surface area contributed by atoms with Gasteiger partial charge in [-0.15, -0.1) is 0 Å². The van der Waals surface area contributed by atoms with Crippen molar-refractivity contribution in [3.8, 4) is 0 Å². The highest BCUT2D eigenvalue weighted by Crippen LogP contribution is 2.12. The highest BCUT2D eigenvalue weighted by atomic mass is 16.4. The predicted octanol–water partition coefficient (Wildman–Crippen LogP) is 2.11. The predicted molar refractivity (Wildman–Crippen MR) is 66.6 cm³/mol. The molecular weight excluding hydrogens is 232 g/mol. The van der Waals surface area contributed by atoms with Crippen molar-refractivity contribution in [2.45, 2.75) is 26.7 Å². The molecule has 1 atom stereocenters.